The Labute approximate surface area is 142 Å². The fraction of sp³-hybridized carbons (Fsp3) is 0.588. The van der Waals surface area contributed by atoms with Crippen molar-refractivity contribution in [3.8, 4) is 0 Å². The third-order valence-electron chi connectivity index (χ3n) is 5.05. The molecule has 0 aliphatic carbocycles. The van der Waals surface area contributed by atoms with Crippen LogP contribution in [0.4, 0.5) is 5.95 Å². The van der Waals surface area contributed by atoms with Crippen molar-refractivity contribution in [2.75, 3.05) is 37.7 Å². The van der Waals surface area contributed by atoms with Crippen LogP contribution in [-0.4, -0.2) is 63.3 Å². The van der Waals surface area contributed by atoms with Gasteiger partial charge in [-0.25, -0.2) is 15.0 Å². The topological polar surface area (TPSA) is 59.3 Å². The Bertz CT molecular complexity index is 660. The summed E-state index contributed by atoms with van der Waals surface area (Å²) in [5, 5.41) is 0. The van der Waals surface area contributed by atoms with Crippen molar-refractivity contribution in [2.24, 2.45) is 13.0 Å². The molecule has 7 heteroatoms. The summed E-state index contributed by atoms with van der Waals surface area (Å²) in [4.78, 5) is 17.9. The summed E-state index contributed by atoms with van der Waals surface area (Å²) in [7, 11) is 2.05. The molecule has 2 atom stereocenters. The molecular formula is C17H24N6O. The predicted molar refractivity (Wildman–Crippen MR) is 90.6 cm³/mol. The molecule has 0 bridgehead atoms. The van der Waals surface area contributed by atoms with Crippen LogP contribution in [0.25, 0.3) is 0 Å². The number of hydrogen-bond acceptors (Lipinski definition) is 6. The zero-order valence-electron chi connectivity index (χ0n) is 14.1. The van der Waals surface area contributed by atoms with Gasteiger partial charge in [0.25, 0.3) is 0 Å². The van der Waals surface area contributed by atoms with Crippen LogP contribution in [0.2, 0.25) is 0 Å². The number of hydrogen-bond donors (Lipinski definition) is 0. The van der Waals surface area contributed by atoms with E-state index in [0.717, 1.165) is 57.5 Å². The number of likely N-dealkylation sites (tertiary alicyclic amines) is 1. The fourth-order valence-electron chi connectivity index (χ4n) is 3.64. The average molecular weight is 328 g/mol. The molecule has 2 aromatic rings. The van der Waals surface area contributed by atoms with Crippen LogP contribution in [0.1, 0.15) is 12.2 Å². The van der Waals surface area contributed by atoms with Crippen molar-refractivity contribution in [3.63, 3.8) is 0 Å². The monoisotopic (exact) mass is 328 g/mol. The number of rotatable bonds is 3. The first kappa shape index (κ1) is 15.5. The zero-order chi connectivity index (χ0) is 16.4. The number of imidazole rings is 1. The highest BCUT2D eigenvalue weighted by Crippen LogP contribution is 2.26. The quantitative estimate of drug-likeness (QED) is 0.836. The standard InChI is InChI=1S/C17H24N6O/c1-21-8-6-18-16(21)13-22-7-3-14-11-23(9-10-24-15(14)12-22)17-19-4-2-5-20-17/h2,4-6,8,14-15H,3,7,9-13H2,1H3/t14-,15-/m0/s1. The van der Waals surface area contributed by atoms with Gasteiger partial charge in [-0.15, -0.1) is 0 Å². The van der Waals surface area contributed by atoms with Gasteiger partial charge in [0.15, 0.2) is 0 Å². The van der Waals surface area contributed by atoms with Crippen LogP contribution in [0.3, 0.4) is 0 Å². The zero-order valence-corrected chi connectivity index (χ0v) is 14.1. The summed E-state index contributed by atoms with van der Waals surface area (Å²) in [6, 6.07) is 1.86. The van der Waals surface area contributed by atoms with Crippen LogP contribution in [-0.2, 0) is 18.3 Å². The highest BCUT2D eigenvalue weighted by Gasteiger charge is 2.34. The van der Waals surface area contributed by atoms with Gasteiger partial charge in [-0.2, -0.15) is 0 Å². The SMILES string of the molecule is Cn1ccnc1CN1CC[C@H]2CN(c3ncccn3)CCO[C@H]2C1. The van der Waals surface area contributed by atoms with E-state index in [9.17, 15) is 0 Å². The van der Waals surface area contributed by atoms with Gasteiger partial charge in [-0.3, -0.25) is 4.90 Å². The number of aryl methyl sites for hydroxylation is 1. The van der Waals surface area contributed by atoms with Crippen molar-refractivity contribution in [3.05, 3.63) is 36.7 Å². The molecule has 2 aliphatic rings. The van der Waals surface area contributed by atoms with E-state index < -0.39 is 0 Å². The molecule has 128 valence electrons. The number of piperidine rings is 1. The molecule has 0 saturated carbocycles. The Hall–Kier alpha value is -1.99. The second-order valence-electron chi connectivity index (χ2n) is 6.64. The molecule has 0 N–H and O–H groups in total. The summed E-state index contributed by atoms with van der Waals surface area (Å²) in [6.45, 7) is 5.51. The first-order chi connectivity index (χ1) is 11.8. The molecule has 2 aliphatic heterocycles. The van der Waals surface area contributed by atoms with E-state index in [0.29, 0.717) is 5.92 Å². The van der Waals surface area contributed by atoms with E-state index >= 15 is 0 Å². The third-order valence-corrected chi connectivity index (χ3v) is 5.05. The highest BCUT2D eigenvalue weighted by atomic mass is 16.5. The second-order valence-corrected chi connectivity index (χ2v) is 6.64. The first-order valence-electron chi connectivity index (χ1n) is 8.62. The van der Waals surface area contributed by atoms with Gasteiger partial charge < -0.3 is 14.2 Å². The van der Waals surface area contributed by atoms with E-state index in [4.69, 9.17) is 4.74 Å². The van der Waals surface area contributed by atoms with Crippen LogP contribution < -0.4 is 4.90 Å². The molecule has 0 amide bonds. The molecule has 24 heavy (non-hydrogen) atoms. The van der Waals surface area contributed by atoms with E-state index in [1.54, 1.807) is 12.4 Å². The van der Waals surface area contributed by atoms with E-state index in [2.05, 4.69) is 36.4 Å². The van der Waals surface area contributed by atoms with Gasteiger partial charge in [0.1, 0.15) is 5.82 Å². The maximum absolute atomic E-state index is 6.17. The highest BCUT2D eigenvalue weighted by molar-refractivity contribution is 5.29. The van der Waals surface area contributed by atoms with Gasteiger partial charge in [0.2, 0.25) is 5.95 Å². The lowest BCUT2D eigenvalue weighted by Crippen LogP contribution is -2.46. The minimum absolute atomic E-state index is 0.285. The summed E-state index contributed by atoms with van der Waals surface area (Å²) >= 11 is 0. The van der Waals surface area contributed by atoms with Crippen molar-refractivity contribution >= 4 is 5.95 Å². The van der Waals surface area contributed by atoms with Crippen LogP contribution in [0.15, 0.2) is 30.9 Å². The minimum Gasteiger partial charge on any atom is -0.375 e. The van der Waals surface area contributed by atoms with E-state index in [-0.39, 0.29) is 6.10 Å². The Morgan fingerprint density at radius 2 is 2.00 bits per heavy atom. The number of nitrogens with zero attached hydrogens (tertiary/aromatic N) is 6. The van der Waals surface area contributed by atoms with E-state index in [1.165, 1.54) is 0 Å². The first-order valence-corrected chi connectivity index (χ1v) is 8.62. The smallest absolute Gasteiger partial charge is 0.225 e. The van der Waals surface area contributed by atoms with Gasteiger partial charge >= 0.3 is 0 Å². The van der Waals surface area contributed by atoms with Gasteiger partial charge in [-0.05, 0) is 19.0 Å². The van der Waals surface area contributed by atoms with Crippen LogP contribution in [0.5, 0.6) is 0 Å². The molecular weight excluding hydrogens is 304 g/mol. The van der Waals surface area contributed by atoms with Crippen LogP contribution in [0, 0.1) is 5.92 Å². The Morgan fingerprint density at radius 3 is 2.79 bits per heavy atom. The second kappa shape index (κ2) is 6.86. The summed E-state index contributed by atoms with van der Waals surface area (Å²) in [6.07, 6.45) is 8.90. The van der Waals surface area contributed by atoms with Gasteiger partial charge in [-0.1, -0.05) is 0 Å². The summed E-state index contributed by atoms with van der Waals surface area (Å²) in [5.41, 5.74) is 0. The van der Waals surface area contributed by atoms with Crippen molar-refractivity contribution < 1.29 is 4.74 Å². The maximum atomic E-state index is 6.17. The molecule has 0 spiro atoms. The van der Waals surface area contributed by atoms with Crippen molar-refractivity contribution in [2.45, 2.75) is 19.1 Å². The Morgan fingerprint density at radius 1 is 1.12 bits per heavy atom. The molecule has 2 fully saturated rings. The normalized spacial score (nSPS) is 25.3. The molecule has 4 rings (SSSR count). The molecule has 2 saturated heterocycles. The predicted octanol–water partition coefficient (Wildman–Crippen LogP) is 0.937. The molecule has 0 unspecified atom stereocenters. The third kappa shape index (κ3) is 3.27. The van der Waals surface area contributed by atoms with E-state index in [1.807, 2.05) is 18.5 Å². The lowest BCUT2D eigenvalue weighted by atomic mass is 9.93. The lowest BCUT2D eigenvalue weighted by molar-refractivity contribution is -0.0246. The van der Waals surface area contributed by atoms with Crippen molar-refractivity contribution in [1.82, 2.24) is 24.4 Å². The molecule has 0 aromatic carbocycles. The van der Waals surface area contributed by atoms with Crippen LogP contribution >= 0.6 is 0 Å². The number of fused-ring (bicyclic) bond motifs is 1. The fourth-order valence-corrected chi connectivity index (χ4v) is 3.64. The Kier molecular flexibility index (Phi) is 4.44. The number of ether oxygens (including phenoxy) is 1. The number of aromatic nitrogens is 4. The number of anilines is 1. The molecule has 7 nitrogen and oxygen atoms in total. The Balaban J connectivity index is 1.40. The van der Waals surface area contributed by atoms with Gasteiger partial charge in [0.05, 0.1) is 19.3 Å². The summed E-state index contributed by atoms with van der Waals surface area (Å²) < 4.78 is 8.26. The average Bonchev–Trinajstić information content (AvgIpc) is 2.90. The molecule has 0 radical (unpaired) electrons. The largest absolute Gasteiger partial charge is 0.375 e. The van der Waals surface area contributed by atoms with Crippen molar-refractivity contribution in [1.29, 1.82) is 0 Å². The lowest BCUT2D eigenvalue weighted by Gasteiger charge is -2.37. The molecule has 2 aromatic heterocycles. The molecule has 4 heterocycles. The summed E-state index contributed by atoms with van der Waals surface area (Å²) in [5.74, 6) is 2.47. The maximum Gasteiger partial charge on any atom is 0.225 e. The van der Waals surface area contributed by atoms with Gasteiger partial charge in [0, 0.05) is 57.4 Å². The minimum atomic E-state index is 0.285.